The second-order valence-electron chi connectivity index (χ2n) is 4.72. The smallest absolute Gasteiger partial charge is 0.266 e. The first-order valence-electron chi connectivity index (χ1n) is 6.21. The van der Waals surface area contributed by atoms with Gasteiger partial charge in [-0.15, -0.1) is 0 Å². The minimum Gasteiger partial charge on any atom is -0.268 e. The normalized spacial score (nSPS) is 10.8. The Bertz CT molecular complexity index is 801. The molecule has 0 fully saturated rings. The summed E-state index contributed by atoms with van der Waals surface area (Å²) in [7, 11) is 0. The molecule has 0 unspecified atom stereocenters. The van der Waals surface area contributed by atoms with Crippen molar-refractivity contribution >= 4 is 10.9 Å². The number of benzene rings is 2. The first kappa shape index (κ1) is 11.7. The third-order valence-electron chi connectivity index (χ3n) is 3.31. The van der Waals surface area contributed by atoms with E-state index in [-0.39, 0.29) is 5.56 Å². The molecule has 19 heavy (non-hydrogen) atoms. The Kier molecular flexibility index (Phi) is 2.67. The summed E-state index contributed by atoms with van der Waals surface area (Å²) in [5.41, 5.74) is 3.69. The van der Waals surface area contributed by atoms with Crippen molar-refractivity contribution in [2.24, 2.45) is 0 Å². The molecule has 3 aromatic rings. The van der Waals surface area contributed by atoms with Gasteiger partial charge in [0.1, 0.15) is 6.33 Å². The predicted octanol–water partition coefficient (Wildman–Crippen LogP) is 3.00. The third-order valence-corrected chi connectivity index (χ3v) is 3.31. The van der Waals surface area contributed by atoms with Crippen LogP contribution in [0.3, 0.4) is 0 Å². The largest absolute Gasteiger partial charge is 0.268 e. The Hall–Kier alpha value is -2.42. The molecule has 3 rings (SSSR count). The fraction of sp³-hybridized carbons (Fsp3) is 0.125. The summed E-state index contributed by atoms with van der Waals surface area (Å²) in [5.74, 6) is 0. The summed E-state index contributed by atoms with van der Waals surface area (Å²) in [4.78, 5) is 16.9. The lowest BCUT2D eigenvalue weighted by Crippen LogP contribution is -2.19. The summed E-state index contributed by atoms with van der Waals surface area (Å²) >= 11 is 0. The lowest BCUT2D eigenvalue weighted by molar-refractivity contribution is 0.960. The Morgan fingerprint density at radius 1 is 1.00 bits per heavy atom. The van der Waals surface area contributed by atoms with Gasteiger partial charge >= 0.3 is 0 Å². The Labute approximate surface area is 111 Å². The molecule has 0 saturated heterocycles. The van der Waals surface area contributed by atoms with Gasteiger partial charge in [0.25, 0.3) is 5.56 Å². The van der Waals surface area contributed by atoms with E-state index in [1.807, 2.05) is 56.3 Å². The molecule has 3 nitrogen and oxygen atoms in total. The maximum Gasteiger partial charge on any atom is 0.266 e. The Morgan fingerprint density at radius 3 is 2.47 bits per heavy atom. The highest BCUT2D eigenvalue weighted by Gasteiger charge is 2.07. The van der Waals surface area contributed by atoms with E-state index in [9.17, 15) is 4.79 Å². The molecule has 0 bridgehead atoms. The molecular formula is C16H14N2O. The van der Waals surface area contributed by atoms with Crippen LogP contribution < -0.4 is 5.56 Å². The lowest BCUT2D eigenvalue weighted by atomic mass is 10.1. The zero-order valence-electron chi connectivity index (χ0n) is 10.9. The van der Waals surface area contributed by atoms with Gasteiger partial charge in [-0.3, -0.25) is 9.36 Å². The van der Waals surface area contributed by atoms with Crippen LogP contribution in [0.1, 0.15) is 11.1 Å². The number of rotatable bonds is 1. The highest BCUT2D eigenvalue weighted by molar-refractivity contribution is 5.81. The first-order chi connectivity index (χ1) is 9.16. The van der Waals surface area contributed by atoms with Crippen molar-refractivity contribution in [1.29, 1.82) is 0 Å². The molecule has 1 aromatic heterocycles. The van der Waals surface area contributed by atoms with E-state index in [2.05, 4.69) is 4.98 Å². The molecule has 0 saturated carbocycles. The molecule has 2 aromatic carbocycles. The molecule has 94 valence electrons. The standard InChI is InChI=1S/C16H14N2O/c1-11-6-8-13(9-7-11)18-10-17-14-5-3-4-12(2)15(14)16(18)19/h3-10H,1-2H3. The summed E-state index contributed by atoms with van der Waals surface area (Å²) in [6.45, 7) is 3.96. The average molecular weight is 250 g/mol. The summed E-state index contributed by atoms with van der Waals surface area (Å²) in [6, 6.07) is 13.6. The van der Waals surface area contributed by atoms with Gasteiger partial charge in [0, 0.05) is 0 Å². The molecule has 0 aliphatic carbocycles. The molecule has 0 aliphatic rings. The van der Waals surface area contributed by atoms with Crippen molar-refractivity contribution in [2.45, 2.75) is 13.8 Å². The molecule has 0 atom stereocenters. The van der Waals surface area contributed by atoms with E-state index in [0.29, 0.717) is 5.39 Å². The van der Waals surface area contributed by atoms with Crippen LogP contribution in [0.5, 0.6) is 0 Å². The minimum absolute atomic E-state index is 0.0213. The Morgan fingerprint density at radius 2 is 1.74 bits per heavy atom. The molecule has 1 heterocycles. The highest BCUT2D eigenvalue weighted by atomic mass is 16.1. The second-order valence-corrected chi connectivity index (χ2v) is 4.72. The second kappa shape index (κ2) is 4.35. The Balaban J connectivity index is 2.32. The number of nitrogens with zero attached hydrogens (tertiary/aromatic N) is 2. The van der Waals surface area contributed by atoms with Gasteiger partial charge in [-0.2, -0.15) is 0 Å². The van der Waals surface area contributed by atoms with E-state index < -0.39 is 0 Å². The SMILES string of the molecule is Cc1ccc(-n2cnc3cccc(C)c3c2=O)cc1. The zero-order chi connectivity index (χ0) is 13.4. The highest BCUT2D eigenvalue weighted by Crippen LogP contribution is 2.13. The monoisotopic (exact) mass is 250 g/mol. The van der Waals surface area contributed by atoms with Crippen molar-refractivity contribution in [1.82, 2.24) is 9.55 Å². The van der Waals surface area contributed by atoms with Crippen molar-refractivity contribution in [3.63, 3.8) is 0 Å². The van der Waals surface area contributed by atoms with Gasteiger partial charge in [-0.1, -0.05) is 29.8 Å². The summed E-state index contributed by atoms with van der Waals surface area (Å²) in [5, 5.41) is 0.686. The van der Waals surface area contributed by atoms with Crippen LogP contribution >= 0.6 is 0 Å². The van der Waals surface area contributed by atoms with Crippen LogP contribution in [0, 0.1) is 13.8 Å². The summed E-state index contributed by atoms with van der Waals surface area (Å²) < 4.78 is 1.59. The van der Waals surface area contributed by atoms with Crippen molar-refractivity contribution < 1.29 is 0 Å². The number of aryl methyl sites for hydroxylation is 2. The maximum atomic E-state index is 12.6. The topological polar surface area (TPSA) is 34.9 Å². The minimum atomic E-state index is -0.0213. The van der Waals surface area contributed by atoms with Gasteiger partial charge in [0.15, 0.2) is 0 Å². The number of hydrogen-bond acceptors (Lipinski definition) is 2. The van der Waals surface area contributed by atoms with Crippen LogP contribution in [0.15, 0.2) is 53.6 Å². The van der Waals surface area contributed by atoms with Gasteiger partial charge in [0.2, 0.25) is 0 Å². The van der Waals surface area contributed by atoms with Gasteiger partial charge in [-0.25, -0.2) is 4.98 Å². The average Bonchev–Trinajstić information content (AvgIpc) is 2.40. The fourth-order valence-corrected chi connectivity index (χ4v) is 2.22. The van der Waals surface area contributed by atoms with Gasteiger partial charge < -0.3 is 0 Å². The van der Waals surface area contributed by atoms with E-state index in [1.54, 1.807) is 10.9 Å². The lowest BCUT2D eigenvalue weighted by Gasteiger charge is -2.08. The first-order valence-corrected chi connectivity index (χ1v) is 6.21. The van der Waals surface area contributed by atoms with Crippen LogP contribution in [0.25, 0.3) is 16.6 Å². The van der Waals surface area contributed by atoms with E-state index >= 15 is 0 Å². The van der Waals surface area contributed by atoms with Crippen LogP contribution in [-0.4, -0.2) is 9.55 Å². The van der Waals surface area contributed by atoms with Crippen molar-refractivity contribution in [2.75, 3.05) is 0 Å². The predicted molar refractivity (Wildman–Crippen MR) is 76.8 cm³/mol. The molecular weight excluding hydrogens is 236 g/mol. The molecule has 0 aliphatic heterocycles. The zero-order valence-corrected chi connectivity index (χ0v) is 10.9. The molecule has 0 N–H and O–H groups in total. The third kappa shape index (κ3) is 1.93. The fourth-order valence-electron chi connectivity index (χ4n) is 2.22. The molecule has 0 spiro atoms. The number of hydrogen-bond donors (Lipinski definition) is 0. The summed E-state index contributed by atoms with van der Waals surface area (Å²) in [6.07, 6.45) is 1.59. The van der Waals surface area contributed by atoms with E-state index in [4.69, 9.17) is 0 Å². The van der Waals surface area contributed by atoms with Gasteiger partial charge in [0.05, 0.1) is 16.6 Å². The van der Waals surface area contributed by atoms with Crippen LogP contribution in [0.2, 0.25) is 0 Å². The number of aromatic nitrogens is 2. The van der Waals surface area contributed by atoms with E-state index in [1.165, 1.54) is 5.56 Å². The quantitative estimate of drug-likeness (QED) is 0.665. The number of fused-ring (bicyclic) bond motifs is 1. The van der Waals surface area contributed by atoms with E-state index in [0.717, 1.165) is 16.8 Å². The van der Waals surface area contributed by atoms with Crippen molar-refractivity contribution in [3.05, 3.63) is 70.3 Å². The van der Waals surface area contributed by atoms with Gasteiger partial charge in [-0.05, 0) is 37.6 Å². The molecule has 0 amide bonds. The van der Waals surface area contributed by atoms with Crippen LogP contribution in [0.4, 0.5) is 0 Å². The molecule has 0 radical (unpaired) electrons. The van der Waals surface area contributed by atoms with Crippen LogP contribution in [-0.2, 0) is 0 Å². The maximum absolute atomic E-state index is 12.6. The molecule has 3 heteroatoms. The van der Waals surface area contributed by atoms with Crippen molar-refractivity contribution in [3.8, 4) is 5.69 Å².